The van der Waals surface area contributed by atoms with Gasteiger partial charge in [-0.25, -0.2) is 4.79 Å². The Morgan fingerprint density at radius 2 is 1.48 bits per heavy atom. The fraction of sp³-hybridized carbons (Fsp3) is 0.259. The number of quaternary nitrogens is 1. The summed E-state index contributed by atoms with van der Waals surface area (Å²) in [6.45, 7) is 4.09. The average molecular weight is 450 g/mol. The number of carbonyl (C=O) groups is 2. The molecule has 0 aliphatic carbocycles. The highest BCUT2D eigenvalue weighted by molar-refractivity contribution is 6.26. The number of hydrogen-bond donors (Lipinski definition) is 2. The lowest BCUT2D eigenvalue weighted by Gasteiger charge is -2.12. The molecule has 0 bridgehead atoms. The van der Waals surface area contributed by atoms with Gasteiger partial charge in [-0.1, -0.05) is 72.8 Å². The first-order chi connectivity index (χ1) is 15.9. The Bertz CT molecular complexity index is 964. The quantitative estimate of drug-likeness (QED) is 0.365. The fourth-order valence-electron chi connectivity index (χ4n) is 3.31. The molecule has 6 nitrogen and oxygen atoms in total. The Hall–Kier alpha value is -3.64. The van der Waals surface area contributed by atoms with Crippen molar-refractivity contribution in [3.8, 4) is 5.75 Å². The van der Waals surface area contributed by atoms with Gasteiger partial charge in [0.05, 0.1) is 12.6 Å². The average Bonchev–Trinajstić information content (AvgIpc) is 2.82. The van der Waals surface area contributed by atoms with Gasteiger partial charge in [-0.15, -0.1) is 0 Å². The van der Waals surface area contributed by atoms with Crippen LogP contribution in [0, 0.1) is 0 Å². The zero-order valence-electron chi connectivity index (χ0n) is 18.9. The minimum atomic E-state index is -2.07. The molecule has 0 heterocycles. The molecule has 0 aliphatic heterocycles. The summed E-state index contributed by atoms with van der Waals surface area (Å²) in [6.07, 6.45) is 3.44. The molecular formula is C27H31NO5. The second kappa shape index (κ2) is 14.4. The summed E-state index contributed by atoms with van der Waals surface area (Å²) in [4.78, 5) is 18.0. The summed E-state index contributed by atoms with van der Waals surface area (Å²) >= 11 is 0. The first-order valence-corrected chi connectivity index (χ1v) is 11.0. The summed E-state index contributed by atoms with van der Waals surface area (Å²) in [5, 5.41) is 18.8. The second-order valence-electron chi connectivity index (χ2n) is 7.81. The van der Waals surface area contributed by atoms with E-state index in [-0.39, 0.29) is 0 Å². The van der Waals surface area contributed by atoms with Gasteiger partial charge in [0.25, 0.3) is 0 Å². The number of nitrogens with two attached hydrogens (primary N) is 1. The van der Waals surface area contributed by atoms with Crippen LogP contribution in [0.5, 0.6) is 5.75 Å². The van der Waals surface area contributed by atoms with Crippen LogP contribution in [0.3, 0.4) is 0 Å². The fourth-order valence-corrected chi connectivity index (χ4v) is 3.31. The van der Waals surface area contributed by atoms with Gasteiger partial charge in [0, 0.05) is 12.8 Å². The number of carbonyl (C=O) groups excluding carboxylic acids is 1. The molecule has 0 radical (unpaired) electrons. The highest BCUT2D eigenvalue weighted by Gasteiger charge is 2.07. The van der Waals surface area contributed by atoms with Gasteiger partial charge in [-0.2, -0.15) is 0 Å². The molecule has 0 fully saturated rings. The van der Waals surface area contributed by atoms with Crippen molar-refractivity contribution in [2.24, 2.45) is 0 Å². The van der Waals surface area contributed by atoms with Crippen LogP contribution in [0.1, 0.15) is 30.0 Å². The van der Waals surface area contributed by atoms with E-state index in [4.69, 9.17) is 24.5 Å². The number of benzene rings is 3. The predicted octanol–water partition coefficient (Wildman–Crippen LogP) is 2.21. The van der Waals surface area contributed by atoms with Crippen molar-refractivity contribution in [2.45, 2.75) is 38.8 Å². The maximum atomic E-state index is 9.04. The molecule has 0 aliphatic rings. The summed E-state index contributed by atoms with van der Waals surface area (Å²) in [7, 11) is 0. The lowest BCUT2D eigenvalue weighted by molar-refractivity contribution is -0.686. The number of carboxylic acids is 2. The topological polar surface area (TPSA) is 103 Å². The normalized spacial score (nSPS) is 11.1. The largest absolute Gasteiger partial charge is 0.539 e. The Morgan fingerprint density at radius 1 is 0.909 bits per heavy atom. The molecule has 3 aromatic carbocycles. The van der Waals surface area contributed by atoms with Crippen molar-refractivity contribution in [2.75, 3.05) is 6.54 Å². The zero-order valence-corrected chi connectivity index (χ0v) is 18.9. The third-order valence-electron chi connectivity index (χ3n) is 4.96. The third kappa shape index (κ3) is 11.0. The minimum absolute atomic E-state index is 0.574. The van der Waals surface area contributed by atoms with Gasteiger partial charge < -0.3 is 25.1 Å². The van der Waals surface area contributed by atoms with Crippen LogP contribution in [0.4, 0.5) is 0 Å². The molecule has 1 atom stereocenters. The molecular weight excluding hydrogens is 418 g/mol. The zero-order chi connectivity index (χ0) is 23.9. The lowest BCUT2D eigenvalue weighted by atomic mass is 10.1. The molecule has 3 N–H and O–H groups in total. The Morgan fingerprint density at radius 3 is 2.09 bits per heavy atom. The molecule has 3 aromatic rings. The summed E-state index contributed by atoms with van der Waals surface area (Å²) in [6, 6.07) is 30.1. The van der Waals surface area contributed by atoms with E-state index in [1.165, 1.54) is 29.7 Å². The minimum Gasteiger partial charge on any atom is -0.539 e. The van der Waals surface area contributed by atoms with E-state index in [0.29, 0.717) is 12.6 Å². The SMILES string of the molecule is CC(Cc1cccc(OCc2ccccc2)c1)[NH2+]CCCc1ccccc1.O=C([O-])C(=O)O. The van der Waals surface area contributed by atoms with E-state index in [2.05, 4.69) is 72.9 Å². The number of aliphatic carboxylic acids is 2. The molecule has 0 saturated heterocycles. The van der Waals surface area contributed by atoms with E-state index in [0.717, 1.165) is 18.6 Å². The van der Waals surface area contributed by atoms with Gasteiger partial charge in [0.2, 0.25) is 0 Å². The van der Waals surface area contributed by atoms with Crippen LogP contribution < -0.4 is 15.2 Å². The molecule has 3 rings (SSSR count). The summed E-state index contributed by atoms with van der Waals surface area (Å²) in [5.41, 5.74) is 3.97. The maximum Gasteiger partial charge on any atom is 0.351 e. The third-order valence-corrected chi connectivity index (χ3v) is 4.96. The van der Waals surface area contributed by atoms with Gasteiger partial charge in [-0.3, -0.25) is 0 Å². The van der Waals surface area contributed by atoms with E-state index in [1.54, 1.807) is 0 Å². The molecule has 0 spiro atoms. The molecule has 6 heteroatoms. The van der Waals surface area contributed by atoms with Crippen LogP contribution in [0.2, 0.25) is 0 Å². The Balaban J connectivity index is 0.000000569. The smallest absolute Gasteiger partial charge is 0.351 e. The number of hydrogen-bond acceptors (Lipinski definition) is 4. The van der Waals surface area contributed by atoms with Crippen LogP contribution >= 0.6 is 0 Å². The second-order valence-corrected chi connectivity index (χ2v) is 7.81. The Labute approximate surface area is 194 Å². The van der Waals surface area contributed by atoms with Crippen molar-refractivity contribution in [1.29, 1.82) is 0 Å². The maximum absolute atomic E-state index is 9.04. The number of ether oxygens (including phenoxy) is 1. The van der Waals surface area contributed by atoms with Crippen LogP contribution in [0.25, 0.3) is 0 Å². The molecule has 0 saturated carbocycles. The number of carboxylic acid groups (broad SMARTS) is 2. The van der Waals surface area contributed by atoms with E-state index in [9.17, 15) is 0 Å². The molecule has 33 heavy (non-hydrogen) atoms. The molecule has 1 unspecified atom stereocenters. The highest BCUT2D eigenvalue weighted by atomic mass is 16.5. The van der Waals surface area contributed by atoms with E-state index < -0.39 is 11.9 Å². The Kier molecular flexibility index (Phi) is 11.2. The van der Waals surface area contributed by atoms with E-state index >= 15 is 0 Å². The highest BCUT2D eigenvalue weighted by Crippen LogP contribution is 2.16. The first-order valence-electron chi connectivity index (χ1n) is 11.0. The van der Waals surface area contributed by atoms with Gasteiger partial charge in [-0.05, 0) is 42.2 Å². The van der Waals surface area contributed by atoms with Crippen molar-refractivity contribution >= 4 is 11.9 Å². The molecule has 174 valence electrons. The van der Waals surface area contributed by atoms with Gasteiger partial charge >= 0.3 is 5.97 Å². The molecule has 0 aromatic heterocycles. The monoisotopic (exact) mass is 449 g/mol. The molecule has 0 amide bonds. The summed E-state index contributed by atoms with van der Waals surface area (Å²) in [5.74, 6) is -3.06. The van der Waals surface area contributed by atoms with Gasteiger partial charge in [0.1, 0.15) is 12.4 Å². The van der Waals surface area contributed by atoms with E-state index in [1.807, 2.05) is 24.3 Å². The van der Waals surface area contributed by atoms with Gasteiger partial charge in [0.15, 0.2) is 5.97 Å². The van der Waals surface area contributed by atoms with Crippen LogP contribution in [-0.2, 0) is 29.0 Å². The lowest BCUT2D eigenvalue weighted by Crippen LogP contribution is -2.89. The van der Waals surface area contributed by atoms with Crippen LogP contribution in [-0.4, -0.2) is 29.6 Å². The standard InChI is InChI=1S/C25H29NO.C2H2O4/c1-21(26-17-9-15-22-10-4-2-5-11-22)18-24-14-8-16-25(19-24)27-20-23-12-6-3-7-13-23;3-1(4)2(5)6/h2-8,10-14,16,19,21,26H,9,15,17-18,20H2,1H3;(H,3,4)(H,5,6). The number of rotatable bonds is 10. The van der Waals surface area contributed by atoms with Crippen molar-refractivity contribution in [3.05, 3.63) is 102 Å². The summed E-state index contributed by atoms with van der Waals surface area (Å²) < 4.78 is 5.95. The number of aryl methyl sites for hydroxylation is 1. The van der Waals surface area contributed by atoms with Crippen molar-refractivity contribution < 1.29 is 29.9 Å². The first kappa shape index (κ1) is 25.6. The van der Waals surface area contributed by atoms with Crippen molar-refractivity contribution in [3.63, 3.8) is 0 Å². The van der Waals surface area contributed by atoms with Crippen molar-refractivity contribution in [1.82, 2.24) is 0 Å². The van der Waals surface area contributed by atoms with Crippen LogP contribution in [0.15, 0.2) is 84.9 Å². The predicted molar refractivity (Wildman–Crippen MR) is 125 cm³/mol.